The number of amides is 2. The van der Waals surface area contributed by atoms with Crippen LogP contribution in [0.4, 0.5) is 10.5 Å². The Morgan fingerprint density at radius 2 is 1.95 bits per heavy atom. The van der Waals surface area contributed by atoms with Crippen molar-refractivity contribution in [1.29, 1.82) is 0 Å². The summed E-state index contributed by atoms with van der Waals surface area (Å²) in [5, 5.41) is 2.87. The summed E-state index contributed by atoms with van der Waals surface area (Å²) in [5.74, 6) is -0.0610. The zero-order valence-corrected chi connectivity index (χ0v) is 13.7. The van der Waals surface area contributed by atoms with Crippen LogP contribution in [0.2, 0.25) is 0 Å². The van der Waals surface area contributed by atoms with Crippen LogP contribution in [0.3, 0.4) is 0 Å². The molecule has 0 bridgehead atoms. The average molecular weight is 304 g/mol. The molecular weight excluding hydrogens is 280 g/mol. The number of ether oxygens (including phenoxy) is 1. The Balaban J connectivity index is 1.81. The average Bonchev–Trinajstić information content (AvgIpc) is 2.75. The predicted molar refractivity (Wildman–Crippen MR) is 85.9 cm³/mol. The van der Waals surface area contributed by atoms with E-state index in [1.165, 1.54) is 10.5 Å². The molecule has 0 aliphatic carbocycles. The van der Waals surface area contributed by atoms with Crippen LogP contribution in [-0.2, 0) is 14.9 Å². The lowest BCUT2D eigenvalue weighted by atomic mass is 9.87. The molecule has 1 N–H and O–H groups in total. The Kier molecular flexibility index (Phi) is 4.74. The molecule has 1 heterocycles. The van der Waals surface area contributed by atoms with E-state index >= 15 is 0 Å². The topological polar surface area (TPSA) is 58.6 Å². The summed E-state index contributed by atoms with van der Waals surface area (Å²) in [6.45, 7) is 7.01. The van der Waals surface area contributed by atoms with Gasteiger partial charge in [0, 0.05) is 19.2 Å². The lowest BCUT2D eigenvalue weighted by Crippen LogP contribution is -2.20. The number of carbonyl (C=O) groups excluding carboxylic acids is 2. The molecule has 1 fully saturated rings. The highest BCUT2D eigenvalue weighted by molar-refractivity contribution is 5.90. The van der Waals surface area contributed by atoms with Gasteiger partial charge in [0.1, 0.15) is 6.10 Å². The SMILES string of the molecule is CN1CC(CCC(=O)Nc2ccc(C(C)(C)C)cc2)OC1=O. The molecule has 0 aromatic heterocycles. The quantitative estimate of drug-likeness (QED) is 0.929. The number of rotatable bonds is 4. The first kappa shape index (κ1) is 16.3. The van der Waals surface area contributed by atoms with Gasteiger partial charge in [-0.05, 0) is 29.5 Å². The summed E-state index contributed by atoms with van der Waals surface area (Å²) in [5.41, 5.74) is 2.12. The van der Waals surface area contributed by atoms with Crippen molar-refractivity contribution in [3.05, 3.63) is 29.8 Å². The molecule has 0 spiro atoms. The Morgan fingerprint density at radius 1 is 1.32 bits per heavy atom. The smallest absolute Gasteiger partial charge is 0.409 e. The highest BCUT2D eigenvalue weighted by atomic mass is 16.6. The summed E-state index contributed by atoms with van der Waals surface area (Å²) < 4.78 is 5.13. The van der Waals surface area contributed by atoms with Crippen molar-refractivity contribution in [3.63, 3.8) is 0 Å². The Labute approximate surface area is 131 Å². The van der Waals surface area contributed by atoms with Crippen molar-refractivity contribution in [1.82, 2.24) is 4.90 Å². The molecule has 120 valence electrons. The lowest BCUT2D eigenvalue weighted by Gasteiger charge is -2.19. The van der Waals surface area contributed by atoms with E-state index in [0.717, 1.165) is 5.69 Å². The number of hydrogen-bond donors (Lipinski definition) is 1. The molecule has 0 saturated carbocycles. The van der Waals surface area contributed by atoms with Crippen LogP contribution in [0.15, 0.2) is 24.3 Å². The summed E-state index contributed by atoms with van der Waals surface area (Å²) in [6, 6.07) is 7.90. The molecule has 1 saturated heterocycles. The first-order chi connectivity index (χ1) is 10.3. The number of benzene rings is 1. The van der Waals surface area contributed by atoms with E-state index < -0.39 is 0 Å². The molecule has 2 rings (SSSR count). The Bertz CT molecular complexity index is 546. The predicted octanol–water partition coefficient (Wildman–Crippen LogP) is 3.15. The number of anilines is 1. The number of nitrogens with one attached hydrogen (secondary N) is 1. The van der Waals surface area contributed by atoms with Gasteiger partial charge in [0.05, 0.1) is 6.54 Å². The summed E-state index contributed by atoms with van der Waals surface area (Å²) in [7, 11) is 1.69. The zero-order valence-electron chi connectivity index (χ0n) is 13.7. The molecule has 1 unspecified atom stereocenters. The van der Waals surface area contributed by atoms with Crippen molar-refractivity contribution < 1.29 is 14.3 Å². The number of hydrogen-bond acceptors (Lipinski definition) is 3. The van der Waals surface area contributed by atoms with Crippen molar-refractivity contribution >= 4 is 17.7 Å². The molecule has 1 aromatic rings. The van der Waals surface area contributed by atoms with E-state index in [1.807, 2.05) is 24.3 Å². The van der Waals surface area contributed by atoms with Crippen molar-refractivity contribution in [3.8, 4) is 0 Å². The van der Waals surface area contributed by atoms with E-state index in [0.29, 0.717) is 19.4 Å². The number of nitrogens with zero attached hydrogens (tertiary/aromatic N) is 1. The highest BCUT2D eigenvalue weighted by Gasteiger charge is 2.28. The van der Waals surface area contributed by atoms with Crippen LogP contribution in [0.1, 0.15) is 39.2 Å². The zero-order chi connectivity index (χ0) is 16.3. The molecule has 1 aromatic carbocycles. The normalized spacial score (nSPS) is 18.3. The second kappa shape index (κ2) is 6.38. The summed E-state index contributed by atoms with van der Waals surface area (Å²) in [4.78, 5) is 24.7. The fourth-order valence-electron chi connectivity index (χ4n) is 2.37. The number of carbonyl (C=O) groups is 2. The summed E-state index contributed by atoms with van der Waals surface area (Å²) >= 11 is 0. The fourth-order valence-corrected chi connectivity index (χ4v) is 2.37. The molecule has 0 radical (unpaired) electrons. The third-order valence-electron chi connectivity index (χ3n) is 3.78. The minimum Gasteiger partial charge on any atom is -0.444 e. The molecule has 1 atom stereocenters. The molecule has 2 amide bonds. The van der Waals surface area contributed by atoms with Gasteiger partial charge in [0.15, 0.2) is 0 Å². The van der Waals surface area contributed by atoms with Gasteiger partial charge in [-0.1, -0.05) is 32.9 Å². The number of likely N-dealkylation sites (N-methyl/N-ethyl adjacent to an activating group) is 1. The van der Waals surface area contributed by atoms with Gasteiger partial charge in [-0.3, -0.25) is 4.79 Å². The van der Waals surface area contributed by atoms with Crippen molar-refractivity contribution in [2.24, 2.45) is 0 Å². The van der Waals surface area contributed by atoms with E-state index in [2.05, 4.69) is 26.1 Å². The van der Waals surface area contributed by atoms with Gasteiger partial charge in [-0.2, -0.15) is 0 Å². The molecule has 5 nitrogen and oxygen atoms in total. The number of cyclic esters (lactones) is 1. The minimum absolute atomic E-state index is 0.0610. The maximum Gasteiger partial charge on any atom is 0.409 e. The Morgan fingerprint density at radius 3 is 2.45 bits per heavy atom. The highest BCUT2D eigenvalue weighted by Crippen LogP contribution is 2.23. The van der Waals surface area contributed by atoms with Gasteiger partial charge in [0.25, 0.3) is 0 Å². The lowest BCUT2D eigenvalue weighted by molar-refractivity contribution is -0.116. The van der Waals surface area contributed by atoms with Gasteiger partial charge in [-0.25, -0.2) is 4.79 Å². The van der Waals surface area contributed by atoms with Crippen LogP contribution >= 0.6 is 0 Å². The third-order valence-corrected chi connectivity index (χ3v) is 3.78. The van der Waals surface area contributed by atoms with E-state index in [4.69, 9.17) is 4.74 Å². The first-order valence-electron chi connectivity index (χ1n) is 7.58. The Hall–Kier alpha value is -2.04. The van der Waals surface area contributed by atoms with E-state index in [-0.39, 0.29) is 23.5 Å². The second-order valence-corrected chi connectivity index (χ2v) is 6.80. The van der Waals surface area contributed by atoms with Gasteiger partial charge in [0.2, 0.25) is 5.91 Å². The van der Waals surface area contributed by atoms with Crippen LogP contribution in [0.25, 0.3) is 0 Å². The monoisotopic (exact) mass is 304 g/mol. The molecular formula is C17H24N2O3. The van der Waals surface area contributed by atoms with Crippen LogP contribution < -0.4 is 5.32 Å². The maximum absolute atomic E-state index is 11.9. The van der Waals surface area contributed by atoms with Gasteiger partial charge in [-0.15, -0.1) is 0 Å². The van der Waals surface area contributed by atoms with E-state index in [9.17, 15) is 9.59 Å². The third kappa shape index (κ3) is 4.23. The van der Waals surface area contributed by atoms with Gasteiger partial charge >= 0.3 is 6.09 Å². The second-order valence-electron chi connectivity index (χ2n) is 6.80. The first-order valence-corrected chi connectivity index (χ1v) is 7.58. The molecule has 1 aliphatic rings. The standard InChI is InChI=1S/C17H24N2O3/c1-17(2,3)12-5-7-13(8-6-12)18-15(20)10-9-14-11-19(4)16(21)22-14/h5-8,14H,9-11H2,1-4H3,(H,18,20). The van der Waals surface area contributed by atoms with Crippen LogP contribution in [-0.4, -0.2) is 36.6 Å². The van der Waals surface area contributed by atoms with Gasteiger partial charge < -0.3 is 15.0 Å². The maximum atomic E-state index is 11.9. The molecule has 22 heavy (non-hydrogen) atoms. The largest absolute Gasteiger partial charge is 0.444 e. The molecule has 5 heteroatoms. The minimum atomic E-state index is -0.317. The van der Waals surface area contributed by atoms with Crippen LogP contribution in [0.5, 0.6) is 0 Å². The van der Waals surface area contributed by atoms with E-state index in [1.54, 1.807) is 7.05 Å². The van der Waals surface area contributed by atoms with Crippen molar-refractivity contribution in [2.75, 3.05) is 18.9 Å². The fraction of sp³-hybridized carbons (Fsp3) is 0.529. The van der Waals surface area contributed by atoms with Crippen LogP contribution in [0, 0.1) is 0 Å². The summed E-state index contributed by atoms with van der Waals surface area (Å²) in [6.07, 6.45) is 0.379. The molecule has 1 aliphatic heterocycles. The van der Waals surface area contributed by atoms with Crippen molar-refractivity contribution in [2.45, 2.75) is 45.1 Å².